The fraction of sp³-hybridized carbons (Fsp3) is 0. The van der Waals surface area contributed by atoms with E-state index < -0.39 is 11.5 Å². The number of carbonyl (C=O) groups is 1. The van der Waals surface area contributed by atoms with Crippen molar-refractivity contribution in [1.82, 2.24) is 15.2 Å². The maximum absolute atomic E-state index is 13.3. The number of thiazole rings is 1. The van der Waals surface area contributed by atoms with Crippen molar-refractivity contribution >= 4 is 32.6 Å². The Balaban J connectivity index is 1.66. The van der Waals surface area contributed by atoms with Crippen molar-refractivity contribution in [3.8, 4) is 22.4 Å². The predicted octanol–water partition coefficient (Wildman–Crippen LogP) is 4.97. The number of benzene rings is 3. The van der Waals surface area contributed by atoms with Crippen molar-refractivity contribution in [1.29, 1.82) is 0 Å². The Morgan fingerprint density at radius 1 is 0.839 bits per heavy atom. The zero-order valence-electron chi connectivity index (χ0n) is 16.2. The summed E-state index contributed by atoms with van der Waals surface area (Å²) in [4.78, 5) is 30.6. The molecule has 0 fully saturated rings. The van der Waals surface area contributed by atoms with Gasteiger partial charge in [0.25, 0.3) is 11.5 Å². The third-order valence-corrected chi connectivity index (χ3v) is 5.79. The average Bonchev–Trinajstić information content (AvgIpc) is 3.22. The summed E-state index contributed by atoms with van der Waals surface area (Å²) >= 11 is 1.36. The molecule has 31 heavy (non-hydrogen) atoms. The summed E-state index contributed by atoms with van der Waals surface area (Å²) in [6.07, 6.45) is 0. The van der Waals surface area contributed by atoms with Gasteiger partial charge >= 0.3 is 0 Å². The van der Waals surface area contributed by atoms with E-state index in [1.165, 1.54) is 11.3 Å². The normalized spacial score (nSPS) is 10.8. The van der Waals surface area contributed by atoms with Crippen molar-refractivity contribution < 1.29 is 4.79 Å². The highest BCUT2D eigenvalue weighted by atomic mass is 32.1. The largest absolute Gasteiger partial charge is 0.298 e. The first-order valence-electron chi connectivity index (χ1n) is 9.61. The Morgan fingerprint density at radius 3 is 2.19 bits per heavy atom. The zero-order valence-corrected chi connectivity index (χ0v) is 17.0. The van der Waals surface area contributed by atoms with E-state index in [1.807, 2.05) is 84.9 Å². The molecule has 7 heteroatoms. The Bertz CT molecular complexity index is 1410. The van der Waals surface area contributed by atoms with Crippen LogP contribution in [-0.2, 0) is 0 Å². The molecule has 2 N–H and O–H groups in total. The summed E-state index contributed by atoms with van der Waals surface area (Å²) in [5.74, 6) is -0.529. The van der Waals surface area contributed by atoms with Gasteiger partial charge in [0, 0.05) is 11.1 Å². The second-order valence-corrected chi connectivity index (χ2v) is 7.85. The predicted molar refractivity (Wildman–Crippen MR) is 123 cm³/mol. The molecule has 0 aliphatic heterocycles. The van der Waals surface area contributed by atoms with Gasteiger partial charge in [0.15, 0.2) is 5.13 Å². The smallest absolute Gasteiger partial charge is 0.277 e. The number of aromatic amines is 1. The minimum atomic E-state index is -0.558. The number of aromatic nitrogens is 3. The molecule has 150 valence electrons. The lowest BCUT2D eigenvalue weighted by atomic mass is 9.95. The highest BCUT2D eigenvalue weighted by Crippen LogP contribution is 2.32. The summed E-state index contributed by atoms with van der Waals surface area (Å²) < 4.78 is 0.953. The summed E-state index contributed by atoms with van der Waals surface area (Å²) in [7, 11) is 0. The van der Waals surface area contributed by atoms with Crippen molar-refractivity contribution in [2.24, 2.45) is 0 Å². The molecule has 2 heterocycles. The minimum absolute atomic E-state index is 0.000640. The molecule has 3 aromatic carbocycles. The number of fused-ring (bicyclic) bond motifs is 1. The number of amides is 1. The monoisotopic (exact) mass is 424 g/mol. The van der Waals surface area contributed by atoms with Crippen molar-refractivity contribution in [2.75, 3.05) is 5.32 Å². The molecule has 1 amide bonds. The molecule has 2 aromatic heterocycles. The molecule has 0 bridgehead atoms. The lowest BCUT2D eigenvalue weighted by molar-refractivity contribution is 0.102. The van der Waals surface area contributed by atoms with Crippen LogP contribution in [0.1, 0.15) is 10.4 Å². The number of para-hydroxylation sites is 1. The number of nitrogens with zero attached hydrogens (tertiary/aromatic N) is 2. The van der Waals surface area contributed by atoms with Gasteiger partial charge in [-0.3, -0.25) is 14.9 Å². The standard InChI is InChI=1S/C24H16N4O2S/c29-22(26-24-25-17-13-7-8-14-18(17)31-24)20-19(15-9-3-1-4-10-15)21(27-28-23(20)30)16-11-5-2-6-12-16/h1-14H,(H,28,30)(H,25,26,29). The average molecular weight is 424 g/mol. The van der Waals surface area contributed by atoms with Gasteiger partial charge in [0.1, 0.15) is 5.56 Å². The van der Waals surface area contributed by atoms with Gasteiger partial charge in [-0.2, -0.15) is 5.10 Å². The van der Waals surface area contributed by atoms with E-state index in [1.54, 1.807) is 0 Å². The Hall–Kier alpha value is -4.10. The van der Waals surface area contributed by atoms with Crippen LogP contribution in [0.25, 0.3) is 32.6 Å². The number of H-pyrrole nitrogens is 1. The molecule has 0 aliphatic carbocycles. The molecule has 0 radical (unpaired) electrons. The molecule has 6 nitrogen and oxygen atoms in total. The number of anilines is 1. The van der Waals surface area contributed by atoms with E-state index in [4.69, 9.17) is 0 Å². The Labute approximate surface area is 181 Å². The van der Waals surface area contributed by atoms with Gasteiger partial charge in [-0.05, 0) is 17.7 Å². The van der Waals surface area contributed by atoms with E-state index in [-0.39, 0.29) is 5.56 Å². The van der Waals surface area contributed by atoms with Gasteiger partial charge in [-0.15, -0.1) is 0 Å². The van der Waals surface area contributed by atoms with E-state index in [0.29, 0.717) is 16.4 Å². The van der Waals surface area contributed by atoms with Gasteiger partial charge in [-0.25, -0.2) is 10.1 Å². The maximum Gasteiger partial charge on any atom is 0.277 e. The molecule has 0 aliphatic rings. The van der Waals surface area contributed by atoms with Crippen molar-refractivity contribution in [2.45, 2.75) is 0 Å². The minimum Gasteiger partial charge on any atom is -0.298 e. The molecule has 0 unspecified atom stereocenters. The van der Waals surface area contributed by atoms with Gasteiger partial charge in [0.2, 0.25) is 0 Å². The maximum atomic E-state index is 13.3. The van der Waals surface area contributed by atoms with E-state index >= 15 is 0 Å². The van der Waals surface area contributed by atoms with Crippen LogP contribution >= 0.6 is 11.3 Å². The second-order valence-electron chi connectivity index (χ2n) is 6.82. The van der Waals surface area contributed by atoms with Crippen LogP contribution in [0.15, 0.2) is 89.7 Å². The summed E-state index contributed by atoms with van der Waals surface area (Å²) in [5.41, 5.74) is 2.77. The summed E-state index contributed by atoms with van der Waals surface area (Å²) in [6.45, 7) is 0. The fourth-order valence-electron chi connectivity index (χ4n) is 3.44. The van der Waals surface area contributed by atoms with Gasteiger partial charge < -0.3 is 0 Å². The highest BCUT2D eigenvalue weighted by molar-refractivity contribution is 7.22. The lowest BCUT2D eigenvalue weighted by Gasteiger charge is -2.13. The molecule has 5 rings (SSSR count). The van der Waals surface area contributed by atoms with E-state index in [9.17, 15) is 9.59 Å². The Kier molecular flexibility index (Phi) is 4.86. The molecule has 0 saturated heterocycles. The molecule has 0 spiro atoms. The topological polar surface area (TPSA) is 87.7 Å². The van der Waals surface area contributed by atoms with Crippen LogP contribution in [-0.4, -0.2) is 21.1 Å². The molecule has 0 saturated carbocycles. The number of hydrogen-bond donors (Lipinski definition) is 2. The number of carbonyl (C=O) groups excluding carboxylic acids is 1. The van der Waals surface area contributed by atoms with Crippen molar-refractivity contribution in [3.05, 3.63) is 101 Å². The molecule has 0 atom stereocenters. The van der Waals surface area contributed by atoms with Crippen LogP contribution in [0.4, 0.5) is 5.13 Å². The number of nitrogens with one attached hydrogen (secondary N) is 2. The second kappa shape index (κ2) is 7.97. The number of rotatable bonds is 4. The van der Waals surface area contributed by atoms with E-state index in [2.05, 4.69) is 20.5 Å². The molecule has 5 aromatic rings. The van der Waals surface area contributed by atoms with Crippen molar-refractivity contribution in [3.63, 3.8) is 0 Å². The lowest BCUT2D eigenvalue weighted by Crippen LogP contribution is -2.26. The van der Waals surface area contributed by atoms with Crippen LogP contribution < -0.4 is 10.9 Å². The fourth-order valence-corrected chi connectivity index (χ4v) is 4.30. The quantitative estimate of drug-likeness (QED) is 0.427. The van der Waals surface area contributed by atoms with Crippen LogP contribution in [0.2, 0.25) is 0 Å². The first kappa shape index (κ1) is 18.9. The third-order valence-electron chi connectivity index (χ3n) is 4.83. The van der Waals surface area contributed by atoms with Gasteiger partial charge in [-0.1, -0.05) is 84.1 Å². The molecular formula is C24H16N4O2S. The van der Waals surface area contributed by atoms with Crippen LogP contribution in [0.5, 0.6) is 0 Å². The summed E-state index contributed by atoms with van der Waals surface area (Å²) in [6, 6.07) is 26.4. The van der Waals surface area contributed by atoms with Crippen LogP contribution in [0.3, 0.4) is 0 Å². The number of hydrogen-bond acceptors (Lipinski definition) is 5. The Morgan fingerprint density at radius 2 is 1.48 bits per heavy atom. The summed E-state index contributed by atoms with van der Waals surface area (Å²) in [5, 5.41) is 10.00. The van der Waals surface area contributed by atoms with E-state index in [0.717, 1.165) is 21.3 Å². The highest BCUT2D eigenvalue weighted by Gasteiger charge is 2.23. The van der Waals surface area contributed by atoms with Gasteiger partial charge in [0.05, 0.1) is 15.9 Å². The first-order chi connectivity index (χ1) is 15.2. The first-order valence-corrected chi connectivity index (χ1v) is 10.4. The zero-order chi connectivity index (χ0) is 21.2. The third kappa shape index (κ3) is 3.62. The molecular weight excluding hydrogens is 408 g/mol. The SMILES string of the molecule is O=C(Nc1nc2ccccc2s1)c1c(-c2ccccc2)c(-c2ccccc2)n[nH]c1=O. The van der Waals surface area contributed by atoms with Crippen LogP contribution in [0, 0.1) is 0 Å².